The van der Waals surface area contributed by atoms with Crippen LogP contribution in [0.1, 0.15) is 37.0 Å². The van der Waals surface area contributed by atoms with E-state index in [9.17, 15) is 9.59 Å². The van der Waals surface area contributed by atoms with Crippen molar-refractivity contribution in [3.8, 4) is 0 Å². The number of benzene rings is 1. The lowest BCUT2D eigenvalue weighted by molar-refractivity contribution is -0.121. The molecule has 0 aliphatic rings. The molecule has 1 rings (SSSR count). The van der Waals surface area contributed by atoms with Gasteiger partial charge in [-0.05, 0) is 25.0 Å². The van der Waals surface area contributed by atoms with Crippen molar-refractivity contribution < 1.29 is 9.59 Å². The summed E-state index contributed by atoms with van der Waals surface area (Å²) in [6.45, 7) is 5.19. The smallest absolute Gasteiger partial charge is 0.256 e. The molecule has 0 aliphatic heterocycles. The molecule has 5 nitrogen and oxygen atoms in total. The summed E-state index contributed by atoms with van der Waals surface area (Å²) in [6.07, 6.45) is 1.67. The van der Waals surface area contributed by atoms with E-state index in [-0.39, 0.29) is 18.4 Å². The van der Waals surface area contributed by atoms with Crippen molar-refractivity contribution >= 4 is 17.5 Å². The van der Waals surface area contributed by atoms with Crippen molar-refractivity contribution in [3.63, 3.8) is 0 Å². The van der Waals surface area contributed by atoms with Crippen LogP contribution in [-0.2, 0) is 4.79 Å². The zero-order valence-corrected chi connectivity index (χ0v) is 12.2. The van der Waals surface area contributed by atoms with Gasteiger partial charge in [-0.3, -0.25) is 9.59 Å². The highest BCUT2D eigenvalue weighted by molar-refractivity contribution is 6.00. The summed E-state index contributed by atoms with van der Waals surface area (Å²) in [5.41, 5.74) is 6.70. The van der Waals surface area contributed by atoms with Crippen molar-refractivity contribution in [1.82, 2.24) is 10.2 Å². The minimum atomic E-state index is -0.198. The summed E-state index contributed by atoms with van der Waals surface area (Å²) in [4.78, 5) is 25.7. The average Bonchev–Trinajstić information content (AvgIpc) is 2.44. The zero-order valence-electron chi connectivity index (χ0n) is 12.2. The lowest BCUT2D eigenvalue weighted by Crippen LogP contribution is -2.41. The first-order valence-corrected chi connectivity index (χ1v) is 7.00. The number of hydrogen-bond acceptors (Lipinski definition) is 3. The van der Waals surface area contributed by atoms with Gasteiger partial charge in [-0.25, -0.2) is 0 Å². The highest BCUT2D eigenvalue weighted by Crippen LogP contribution is 2.13. The number of nitrogens with two attached hydrogens (primary N) is 1. The van der Waals surface area contributed by atoms with Gasteiger partial charge in [0.25, 0.3) is 5.91 Å². The van der Waals surface area contributed by atoms with Crippen LogP contribution in [0, 0.1) is 0 Å². The Kier molecular flexibility index (Phi) is 6.56. The topological polar surface area (TPSA) is 75.4 Å². The molecule has 1 aromatic carbocycles. The molecule has 0 aromatic heterocycles. The monoisotopic (exact) mass is 277 g/mol. The van der Waals surface area contributed by atoms with Gasteiger partial charge in [0.15, 0.2) is 0 Å². The molecule has 0 fully saturated rings. The molecule has 0 spiro atoms. The van der Waals surface area contributed by atoms with Crippen LogP contribution in [-0.4, -0.2) is 36.3 Å². The fraction of sp³-hybridized carbons (Fsp3) is 0.467. The van der Waals surface area contributed by atoms with Crippen LogP contribution < -0.4 is 11.1 Å². The lowest BCUT2D eigenvalue weighted by Gasteiger charge is -2.22. The van der Waals surface area contributed by atoms with Gasteiger partial charge < -0.3 is 16.0 Å². The Labute approximate surface area is 120 Å². The highest BCUT2D eigenvalue weighted by atomic mass is 16.2. The van der Waals surface area contributed by atoms with E-state index >= 15 is 0 Å². The van der Waals surface area contributed by atoms with Gasteiger partial charge in [-0.2, -0.15) is 0 Å². The van der Waals surface area contributed by atoms with Gasteiger partial charge in [-0.1, -0.05) is 26.0 Å². The first-order valence-electron chi connectivity index (χ1n) is 7.00. The summed E-state index contributed by atoms with van der Waals surface area (Å²) < 4.78 is 0. The maximum absolute atomic E-state index is 12.4. The largest absolute Gasteiger partial charge is 0.398 e. The Hall–Kier alpha value is -2.04. The third-order valence-electron chi connectivity index (χ3n) is 2.88. The SMILES string of the molecule is CCCNC(=O)CN(CCC)C(=O)c1ccccc1N. The Morgan fingerprint density at radius 1 is 1.20 bits per heavy atom. The third-order valence-corrected chi connectivity index (χ3v) is 2.88. The molecular formula is C15H23N3O2. The standard InChI is InChI=1S/C15H23N3O2/c1-3-9-17-14(19)11-18(10-4-2)15(20)12-7-5-6-8-13(12)16/h5-8H,3-4,9-11,16H2,1-2H3,(H,17,19). The number of nitrogen functional groups attached to an aromatic ring is 1. The number of hydrogen-bond donors (Lipinski definition) is 2. The number of amides is 2. The molecule has 1 aromatic rings. The van der Waals surface area contributed by atoms with Crippen molar-refractivity contribution in [2.75, 3.05) is 25.4 Å². The van der Waals surface area contributed by atoms with E-state index in [1.165, 1.54) is 4.90 Å². The van der Waals surface area contributed by atoms with Gasteiger partial charge in [-0.15, -0.1) is 0 Å². The molecular weight excluding hydrogens is 254 g/mol. The predicted molar refractivity (Wildman–Crippen MR) is 80.3 cm³/mol. The number of carbonyl (C=O) groups is 2. The first-order chi connectivity index (χ1) is 9.60. The van der Waals surface area contributed by atoms with Crippen LogP contribution in [0.5, 0.6) is 0 Å². The molecule has 0 atom stereocenters. The molecule has 0 saturated carbocycles. The number of nitrogens with one attached hydrogen (secondary N) is 1. The molecule has 110 valence electrons. The number of nitrogens with zero attached hydrogens (tertiary/aromatic N) is 1. The van der Waals surface area contributed by atoms with E-state index in [1.54, 1.807) is 24.3 Å². The fourth-order valence-corrected chi connectivity index (χ4v) is 1.88. The Morgan fingerprint density at radius 3 is 2.50 bits per heavy atom. The predicted octanol–water partition coefficient (Wildman–Crippen LogP) is 1.65. The van der Waals surface area contributed by atoms with E-state index < -0.39 is 0 Å². The Bertz CT molecular complexity index is 460. The second-order valence-electron chi connectivity index (χ2n) is 4.66. The van der Waals surface area contributed by atoms with E-state index in [2.05, 4.69) is 5.32 Å². The molecule has 0 saturated heterocycles. The molecule has 20 heavy (non-hydrogen) atoms. The minimum absolute atomic E-state index is 0.0704. The summed E-state index contributed by atoms with van der Waals surface area (Å²) in [5, 5.41) is 2.78. The second-order valence-corrected chi connectivity index (χ2v) is 4.66. The Balaban J connectivity index is 2.77. The number of para-hydroxylation sites is 1. The summed E-state index contributed by atoms with van der Waals surface area (Å²) in [5.74, 6) is -0.334. The second kappa shape index (κ2) is 8.19. The van der Waals surface area contributed by atoms with Crippen LogP contribution in [0.2, 0.25) is 0 Å². The molecule has 3 N–H and O–H groups in total. The van der Waals surface area contributed by atoms with Gasteiger partial charge in [0.2, 0.25) is 5.91 Å². The van der Waals surface area contributed by atoms with Crippen molar-refractivity contribution in [3.05, 3.63) is 29.8 Å². The molecule has 0 heterocycles. The van der Waals surface area contributed by atoms with E-state index in [1.807, 2.05) is 13.8 Å². The molecule has 5 heteroatoms. The van der Waals surface area contributed by atoms with Crippen molar-refractivity contribution in [1.29, 1.82) is 0 Å². The zero-order chi connectivity index (χ0) is 15.0. The Morgan fingerprint density at radius 2 is 1.90 bits per heavy atom. The van der Waals surface area contributed by atoms with Crippen LogP contribution in [0.15, 0.2) is 24.3 Å². The van der Waals surface area contributed by atoms with E-state index in [4.69, 9.17) is 5.73 Å². The van der Waals surface area contributed by atoms with Crippen LogP contribution in [0.25, 0.3) is 0 Å². The van der Waals surface area contributed by atoms with Gasteiger partial charge in [0, 0.05) is 18.8 Å². The van der Waals surface area contributed by atoms with Gasteiger partial charge in [0.1, 0.15) is 0 Å². The lowest BCUT2D eigenvalue weighted by atomic mass is 10.1. The molecule has 0 bridgehead atoms. The molecule has 0 unspecified atom stereocenters. The van der Waals surface area contributed by atoms with Crippen molar-refractivity contribution in [2.24, 2.45) is 0 Å². The quantitative estimate of drug-likeness (QED) is 0.744. The first kappa shape index (κ1) is 16.0. The highest BCUT2D eigenvalue weighted by Gasteiger charge is 2.19. The fourth-order valence-electron chi connectivity index (χ4n) is 1.88. The van der Waals surface area contributed by atoms with Crippen molar-refractivity contribution in [2.45, 2.75) is 26.7 Å². The van der Waals surface area contributed by atoms with Crippen LogP contribution in [0.4, 0.5) is 5.69 Å². The molecule has 0 aliphatic carbocycles. The normalized spacial score (nSPS) is 10.1. The molecule has 2 amide bonds. The minimum Gasteiger partial charge on any atom is -0.398 e. The van der Waals surface area contributed by atoms with Gasteiger partial charge in [0.05, 0.1) is 12.1 Å². The third kappa shape index (κ3) is 4.57. The number of carbonyl (C=O) groups excluding carboxylic acids is 2. The summed E-state index contributed by atoms with van der Waals surface area (Å²) >= 11 is 0. The van der Waals surface area contributed by atoms with Crippen LogP contribution >= 0.6 is 0 Å². The maximum Gasteiger partial charge on any atom is 0.256 e. The van der Waals surface area contributed by atoms with Gasteiger partial charge >= 0.3 is 0 Å². The van der Waals surface area contributed by atoms with Crippen LogP contribution in [0.3, 0.4) is 0 Å². The maximum atomic E-state index is 12.4. The molecule has 0 radical (unpaired) electrons. The number of rotatable bonds is 7. The average molecular weight is 277 g/mol. The number of anilines is 1. The summed E-state index contributed by atoms with van der Waals surface area (Å²) in [7, 11) is 0. The summed E-state index contributed by atoms with van der Waals surface area (Å²) in [6, 6.07) is 6.92. The van der Waals surface area contributed by atoms with E-state index in [0.29, 0.717) is 24.3 Å². The van der Waals surface area contributed by atoms with E-state index in [0.717, 1.165) is 12.8 Å².